The fraction of sp³-hybridized carbons (Fsp3) is 0.185. The number of aromatic nitrogens is 8. The van der Waals surface area contributed by atoms with Crippen LogP contribution in [-0.2, 0) is 18.8 Å². The molecule has 0 unspecified atom stereocenters. The number of fused-ring (bicyclic) bond motifs is 2. The zero-order chi connectivity index (χ0) is 31.7. The fourth-order valence-electron chi connectivity index (χ4n) is 4.29. The molecule has 0 fully saturated rings. The van der Waals surface area contributed by atoms with Crippen molar-refractivity contribution >= 4 is 78.2 Å². The molecule has 5 N–H and O–H groups in total. The molecule has 236 valence electrons. The lowest BCUT2D eigenvalue weighted by molar-refractivity contribution is 0.143. The zero-order valence-electron chi connectivity index (χ0n) is 23.8. The standard InChI is InChI=1S/C15H15BrFN5O2.C12H9BrFN5O.ClH/c1-22-14-9(7-19-15(18)20-14)12(21-22)8-5-10(16)13(11(17)6-8)24-4-3-23-2;1-19-11-6(4-16-12(15)17-11)9(18-19)5-2-7(13)10(20)8(14)3-5;/h5-7H,3-4H2,1-2H3,(H2,18,19,20);2-4,20H,1H3,(H2,15,16,17);1H. The quantitative estimate of drug-likeness (QED) is 0.190. The summed E-state index contributed by atoms with van der Waals surface area (Å²) in [6.45, 7) is 0.627. The summed E-state index contributed by atoms with van der Waals surface area (Å²) in [7, 11) is 5.01. The van der Waals surface area contributed by atoms with E-state index in [0.29, 0.717) is 55.7 Å². The zero-order valence-corrected chi connectivity index (χ0v) is 27.8. The van der Waals surface area contributed by atoms with Gasteiger partial charge in [-0.25, -0.2) is 28.1 Å². The van der Waals surface area contributed by atoms with Crippen LogP contribution in [0.5, 0.6) is 11.5 Å². The number of methoxy groups -OCH3 is 1. The molecule has 18 heteroatoms. The maximum atomic E-state index is 14.4. The second kappa shape index (κ2) is 13.8. The molecule has 6 aromatic rings. The van der Waals surface area contributed by atoms with E-state index in [1.54, 1.807) is 55.1 Å². The largest absolute Gasteiger partial charge is 0.504 e. The number of anilines is 2. The summed E-state index contributed by atoms with van der Waals surface area (Å²) in [5.41, 5.74) is 14.5. The van der Waals surface area contributed by atoms with Gasteiger partial charge in [0, 0.05) is 44.7 Å². The third-order valence-corrected chi connectivity index (χ3v) is 7.49. The van der Waals surface area contributed by atoms with Crippen LogP contribution in [0.25, 0.3) is 44.6 Å². The van der Waals surface area contributed by atoms with Crippen molar-refractivity contribution in [1.29, 1.82) is 0 Å². The number of nitrogens with two attached hydrogens (primary N) is 2. The second-order valence-corrected chi connectivity index (χ2v) is 11.0. The number of hydrogen-bond donors (Lipinski definition) is 3. The van der Waals surface area contributed by atoms with E-state index in [-0.39, 0.29) is 41.1 Å². The number of benzene rings is 2. The molecule has 0 amide bonds. The van der Waals surface area contributed by atoms with E-state index in [4.69, 9.17) is 20.9 Å². The fourth-order valence-corrected chi connectivity index (χ4v) is 5.28. The lowest BCUT2D eigenvalue weighted by Crippen LogP contribution is -2.06. The van der Waals surface area contributed by atoms with Crippen molar-refractivity contribution in [3.05, 3.63) is 57.2 Å². The number of aryl methyl sites for hydroxylation is 2. The van der Waals surface area contributed by atoms with Crippen molar-refractivity contribution in [2.24, 2.45) is 14.1 Å². The van der Waals surface area contributed by atoms with Crippen LogP contribution < -0.4 is 16.2 Å². The predicted molar refractivity (Wildman–Crippen MR) is 174 cm³/mol. The van der Waals surface area contributed by atoms with E-state index >= 15 is 0 Å². The van der Waals surface area contributed by atoms with Gasteiger partial charge in [0.05, 0.1) is 26.3 Å². The van der Waals surface area contributed by atoms with Crippen LogP contribution >= 0.6 is 44.3 Å². The van der Waals surface area contributed by atoms with Gasteiger partial charge in [0.15, 0.2) is 34.4 Å². The molecule has 0 aliphatic heterocycles. The minimum atomic E-state index is -0.732. The van der Waals surface area contributed by atoms with Crippen molar-refractivity contribution in [1.82, 2.24) is 39.5 Å². The molecular weight excluding hydrogens is 746 g/mol. The van der Waals surface area contributed by atoms with E-state index in [1.807, 2.05) is 0 Å². The maximum Gasteiger partial charge on any atom is 0.222 e. The molecule has 4 aromatic heterocycles. The molecule has 0 radical (unpaired) electrons. The number of rotatable bonds is 6. The Morgan fingerprint density at radius 2 is 1.29 bits per heavy atom. The van der Waals surface area contributed by atoms with Gasteiger partial charge in [-0.3, -0.25) is 0 Å². The molecular formula is C27H25Br2ClF2N10O3. The number of nitrogen functional groups attached to an aromatic ring is 2. The summed E-state index contributed by atoms with van der Waals surface area (Å²) in [4.78, 5) is 16.2. The van der Waals surface area contributed by atoms with Crippen LogP contribution in [0.2, 0.25) is 0 Å². The first-order valence-electron chi connectivity index (χ1n) is 12.7. The predicted octanol–water partition coefficient (Wildman–Crippen LogP) is 5.18. The minimum Gasteiger partial charge on any atom is -0.504 e. The Balaban J connectivity index is 0.000000203. The average Bonchev–Trinajstić information content (AvgIpc) is 3.49. The van der Waals surface area contributed by atoms with Crippen molar-refractivity contribution in [2.75, 3.05) is 31.8 Å². The normalized spacial score (nSPS) is 10.9. The third kappa shape index (κ3) is 6.90. The van der Waals surface area contributed by atoms with Gasteiger partial charge in [0.25, 0.3) is 0 Å². The summed E-state index contributed by atoms with van der Waals surface area (Å²) in [6.07, 6.45) is 3.12. The first-order valence-corrected chi connectivity index (χ1v) is 14.3. The Labute approximate surface area is 277 Å². The average molecular weight is 771 g/mol. The van der Waals surface area contributed by atoms with Crippen molar-refractivity contribution in [3.63, 3.8) is 0 Å². The van der Waals surface area contributed by atoms with Gasteiger partial charge in [-0.05, 0) is 56.1 Å². The lowest BCUT2D eigenvalue weighted by atomic mass is 10.1. The number of hydrogen-bond acceptors (Lipinski definition) is 11. The van der Waals surface area contributed by atoms with Crippen LogP contribution in [-0.4, -0.2) is 64.9 Å². The Hall–Kier alpha value is -4.19. The summed E-state index contributed by atoms with van der Waals surface area (Å²) >= 11 is 6.44. The molecule has 0 bridgehead atoms. The highest BCUT2D eigenvalue weighted by atomic mass is 79.9. The van der Waals surface area contributed by atoms with Crippen molar-refractivity contribution < 1.29 is 23.4 Å². The van der Waals surface area contributed by atoms with Gasteiger partial charge < -0.3 is 26.0 Å². The Morgan fingerprint density at radius 1 is 0.800 bits per heavy atom. The summed E-state index contributed by atoms with van der Waals surface area (Å²) in [6, 6.07) is 5.89. The number of aromatic hydroxyl groups is 1. The maximum absolute atomic E-state index is 14.4. The summed E-state index contributed by atoms with van der Waals surface area (Å²) in [5, 5.41) is 19.5. The topological polar surface area (TPSA) is 178 Å². The molecule has 6 rings (SSSR count). The number of phenols is 1. The molecule has 0 atom stereocenters. The molecule has 0 saturated carbocycles. The van der Waals surface area contributed by atoms with E-state index < -0.39 is 17.4 Å². The van der Waals surface area contributed by atoms with Gasteiger partial charge in [0.1, 0.15) is 18.0 Å². The molecule has 2 aromatic carbocycles. The summed E-state index contributed by atoms with van der Waals surface area (Å²) < 4.78 is 42.2. The lowest BCUT2D eigenvalue weighted by Gasteiger charge is -2.10. The number of ether oxygens (including phenoxy) is 2. The molecule has 13 nitrogen and oxygen atoms in total. The third-order valence-electron chi connectivity index (χ3n) is 6.29. The number of phenolic OH excluding ortho intramolecular Hbond substituents is 1. The Kier molecular flexibility index (Phi) is 10.4. The van der Waals surface area contributed by atoms with Crippen LogP contribution in [0.4, 0.5) is 20.7 Å². The minimum absolute atomic E-state index is 0. The SMILES string of the molecule is COCCOc1c(F)cc(-c2nn(C)c3nc(N)ncc23)cc1Br.Cl.Cn1nc(-c2cc(F)c(O)c(Br)c2)c2cnc(N)nc21. The highest BCUT2D eigenvalue weighted by Gasteiger charge is 2.18. The molecule has 45 heavy (non-hydrogen) atoms. The van der Waals surface area contributed by atoms with Gasteiger partial charge in [-0.1, -0.05) is 0 Å². The van der Waals surface area contributed by atoms with Crippen LogP contribution in [0.3, 0.4) is 0 Å². The summed E-state index contributed by atoms with van der Waals surface area (Å²) in [5.74, 6) is -1.22. The first kappa shape index (κ1) is 33.7. The molecule has 0 saturated heterocycles. The number of nitrogens with zero attached hydrogens (tertiary/aromatic N) is 8. The van der Waals surface area contributed by atoms with Gasteiger partial charge >= 0.3 is 0 Å². The highest BCUT2D eigenvalue weighted by Crippen LogP contribution is 2.36. The molecule has 0 aliphatic carbocycles. The highest BCUT2D eigenvalue weighted by molar-refractivity contribution is 9.11. The monoisotopic (exact) mass is 768 g/mol. The smallest absolute Gasteiger partial charge is 0.222 e. The first-order chi connectivity index (χ1) is 21.0. The van der Waals surface area contributed by atoms with Crippen molar-refractivity contribution in [2.45, 2.75) is 0 Å². The Morgan fingerprint density at radius 3 is 1.76 bits per heavy atom. The van der Waals surface area contributed by atoms with Crippen LogP contribution in [0.15, 0.2) is 45.6 Å². The molecule has 4 heterocycles. The number of halogens is 5. The van der Waals surface area contributed by atoms with E-state index in [2.05, 4.69) is 62.0 Å². The molecule has 0 aliphatic rings. The van der Waals surface area contributed by atoms with Gasteiger partial charge in [-0.2, -0.15) is 20.2 Å². The Bertz CT molecular complexity index is 1980. The van der Waals surface area contributed by atoms with E-state index in [0.717, 1.165) is 0 Å². The van der Waals surface area contributed by atoms with E-state index in [1.165, 1.54) is 12.1 Å². The molecule has 0 spiro atoms. The second-order valence-electron chi connectivity index (χ2n) is 9.27. The van der Waals surface area contributed by atoms with Gasteiger partial charge in [0.2, 0.25) is 11.9 Å². The van der Waals surface area contributed by atoms with Crippen molar-refractivity contribution in [3.8, 4) is 34.0 Å². The van der Waals surface area contributed by atoms with E-state index in [9.17, 15) is 13.9 Å². The van der Waals surface area contributed by atoms with Gasteiger partial charge in [-0.15, -0.1) is 12.4 Å². The van der Waals surface area contributed by atoms with Crippen LogP contribution in [0.1, 0.15) is 0 Å². The van der Waals surface area contributed by atoms with Crippen LogP contribution in [0, 0.1) is 11.6 Å².